The van der Waals surface area contributed by atoms with Crippen molar-refractivity contribution in [3.05, 3.63) is 23.0 Å². The molecule has 1 unspecified atom stereocenters. The number of aliphatic hydroxyl groups is 1. The van der Waals surface area contributed by atoms with Crippen molar-refractivity contribution in [1.29, 1.82) is 0 Å². The molecule has 0 amide bonds. The van der Waals surface area contributed by atoms with E-state index in [1.165, 1.54) is 57.4 Å². The fraction of sp³-hybridized carbons (Fsp3) is 0.810. The molecule has 0 bridgehead atoms. The van der Waals surface area contributed by atoms with Gasteiger partial charge in [-0.2, -0.15) is 0 Å². The third-order valence-corrected chi connectivity index (χ3v) is 4.91. The van der Waals surface area contributed by atoms with E-state index in [4.69, 9.17) is 0 Å². The third-order valence-electron chi connectivity index (χ3n) is 4.91. The van der Waals surface area contributed by atoms with Crippen LogP contribution in [0.1, 0.15) is 108 Å². The number of aliphatic hydroxyl groups excluding tert-OH is 1. The average molecular weight is 368 g/mol. The number of carbonyl (C=O) groups is 1. The highest BCUT2D eigenvalue weighted by Crippen LogP contribution is 2.14. The Labute approximate surface area is 157 Å². The minimum atomic E-state index is -0.596. The van der Waals surface area contributed by atoms with E-state index < -0.39 is 5.76 Å². The molecule has 150 valence electrons. The van der Waals surface area contributed by atoms with E-state index in [1.807, 2.05) is 0 Å². The Morgan fingerprint density at radius 2 is 1.50 bits per heavy atom. The number of aromatic nitrogens is 1. The van der Waals surface area contributed by atoms with Crippen LogP contribution in [0.5, 0.6) is 0 Å². The smallest absolute Gasteiger partial charge is 0.416 e. The standard InChI is InChI=1S/C21H37NO4/c1-2-3-4-11-14-19(23)15-12-9-7-5-6-8-10-13-16-20(24)22-17-18-26-21(22)25/h17-19,23H,2-16H2,1H3. The number of carbonyl (C=O) groups excluding carboxylic acids is 1. The van der Waals surface area contributed by atoms with Crippen LogP contribution in [0.4, 0.5) is 0 Å². The van der Waals surface area contributed by atoms with Crippen molar-refractivity contribution in [1.82, 2.24) is 4.57 Å². The molecule has 0 aliphatic heterocycles. The van der Waals surface area contributed by atoms with Gasteiger partial charge < -0.3 is 9.52 Å². The van der Waals surface area contributed by atoms with Crippen LogP contribution in [0.2, 0.25) is 0 Å². The SMILES string of the molecule is CCCCCCC(O)CCCCCCCCCCC(=O)n1ccoc1=O. The van der Waals surface area contributed by atoms with Crippen LogP contribution in [0, 0.1) is 0 Å². The summed E-state index contributed by atoms with van der Waals surface area (Å²) in [6.45, 7) is 2.21. The van der Waals surface area contributed by atoms with Gasteiger partial charge in [0, 0.05) is 6.42 Å². The monoisotopic (exact) mass is 367 g/mol. The lowest BCUT2D eigenvalue weighted by Gasteiger charge is -2.10. The Kier molecular flexibility index (Phi) is 12.9. The van der Waals surface area contributed by atoms with Gasteiger partial charge in [0.05, 0.1) is 12.3 Å². The maximum absolute atomic E-state index is 11.8. The van der Waals surface area contributed by atoms with Gasteiger partial charge in [0.2, 0.25) is 5.91 Å². The molecule has 1 heterocycles. The number of oxazole rings is 1. The molecule has 1 atom stereocenters. The van der Waals surface area contributed by atoms with Crippen LogP contribution in [0.25, 0.3) is 0 Å². The number of nitrogens with zero attached hydrogens (tertiary/aromatic N) is 1. The number of rotatable bonds is 16. The van der Waals surface area contributed by atoms with Gasteiger partial charge in [-0.05, 0) is 19.3 Å². The van der Waals surface area contributed by atoms with Crippen LogP contribution in [0.3, 0.4) is 0 Å². The summed E-state index contributed by atoms with van der Waals surface area (Å²) in [7, 11) is 0. The van der Waals surface area contributed by atoms with Crippen LogP contribution in [0.15, 0.2) is 21.7 Å². The summed E-state index contributed by atoms with van der Waals surface area (Å²) in [4.78, 5) is 23.0. The minimum Gasteiger partial charge on any atom is -0.416 e. The molecule has 0 aliphatic rings. The number of unbranched alkanes of at least 4 members (excludes halogenated alkanes) is 10. The summed E-state index contributed by atoms with van der Waals surface area (Å²) < 4.78 is 5.63. The van der Waals surface area contributed by atoms with Crippen LogP contribution in [-0.2, 0) is 0 Å². The molecule has 0 spiro atoms. The lowest BCUT2D eigenvalue weighted by molar-refractivity contribution is 0.0890. The summed E-state index contributed by atoms with van der Waals surface area (Å²) in [6, 6.07) is 0. The van der Waals surface area contributed by atoms with E-state index in [0.717, 1.165) is 49.5 Å². The molecule has 1 rings (SSSR count). The number of hydrogen-bond acceptors (Lipinski definition) is 4. The first kappa shape index (κ1) is 22.7. The zero-order valence-corrected chi connectivity index (χ0v) is 16.5. The van der Waals surface area contributed by atoms with Gasteiger partial charge >= 0.3 is 5.76 Å². The predicted octanol–water partition coefficient (Wildman–Crippen LogP) is 5.31. The molecule has 26 heavy (non-hydrogen) atoms. The molecule has 0 aliphatic carbocycles. The zero-order valence-electron chi connectivity index (χ0n) is 16.5. The maximum atomic E-state index is 11.8. The summed E-state index contributed by atoms with van der Waals surface area (Å²) in [5, 5.41) is 9.92. The molecule has 1 aromatic heterocycles. The molecule has 0 radical (unpaired) electrons. The van der Waals surface area contributed by atoms with Gasteiger partial charge in [0.15, 0.2) is 0 Å². The fourth-order valence-corrected chi connectivity index (χ4v) is 3.24. The lowest BCUT2D eigenvalue weighted by atomic mass is 10.0. The van der Waals surface area contributed by atoms with Gasteiger partial charge in [-0.3, -0.25) is 4.79 Å². The van der Waals surface area contributed by atoms with Crippen LogP contribution < -0.4 is 5.76 Å². The Balaban J connectivity index is 1.85. The highest BCUT2D eigenvalue weighted by molar-refractivity contribution is 5.78. The van der Waals surface area contributed by atoms with Crippen molar-refractivity contribution in [2.45, 2.75) is 109 Å². The molecule has 0 aromatic carbocycles. The highest BCUT2D eigenvalue weighted by atomic mass is 16.4. The minimum absolute atomic E-state index is 0.105. The summed E-state index contributed by atoms with van der Waals surface area (Å²) >= 11 is 0. The molecule has 5 nitrogen and oxygen atoms in total. The second-order valence-electron chi connectivity index (χ2n) is 7.30. The van der Waals surface area contributed by atoms with Crippen LogP contribution in [-0.4, -0.2) is 21.7 Å². The summed E-state index contributed by atoms with van der Waals surface area (Å²) in [5.41, 5.74) is 0. The molecular weight excluding hydrogens is 330 g/mol. The first-order valence-corrected chi connectivity index (χ1v) is 10.5. The normalized spacial score (nSPS) is 12.4. The molecule has 0 fully saturated rings. The Bertz CT molecular complexity index is 520. The molecular formula is C21H37NO4. The first-order valence-electron chi connectivity index (χ1n) is 10.5. The van der Waals surface area contributed by atoms with Gasteiger partial charge in [0.25, 0.3) is 0 Å². The van der Waals surface area contributed by atoms with Gasteiger partial charge in [-0.15, -0.1) is 0 Å². The van der Waals surface area contributed by atoms with Crippen molar-refractivity contribution in [3.8, 4) is 0 Å². The van der Waals surface area contributed by atoms with Crippen LogP contribution >= 0.6 is 0 Å². The third kappa shape index (κ3) is 10.6. The molecule has 1 aromatic rings. The van der Waals surface area contributed by atoms with E-state index in [9.17, 15) is 14.7 Å². The largest absolute Gasteiger partial charge is 0.425 e. The van der Waals surface area contributed by atoms with Crippen molar-refractivity contribution < 1.29 is 14.3 Å². The van der Waals surface area contributed by atoms with Crippen molar-refractivity contribution in [2.75, 3.05) is 0 Å². The van der Waals surface area contributed by atoms with E-state index in [2.05, 4.69) is 11.3 Å². The quantitative estimate of drug-likeness (QED) is 0.402. The van der Waals surface area contributed by atoms with E-state index in [0.29, 0.717) is 6.42 Å². The summed E-state index contributed by atoms with van der Waals surface area (Å²) in [5.74, 6) is -0.780. The molecule has 0 saturated heterocycles. The first-order chi connectivity index (χ1) is 12.6. The lowest BCUT2D eigenvalue weighted by Crippen LogP contribution is -2.21. The van der Waals surface area contributed by atoms with E-state index >= 15 is 0 Å². The fourth-order valence-electron chi connectivity index (χ4n) is 3.24. The average Bonchev–Trinajstić information content (AvgIpc) is 3.06. The molecule has 0 saturated carbocycles. The molecule has 5 heteroatoms. The van der Waals surface area contributed by atoms with E-state index in [-0.39, 0.29) is 12.0 Å². The van der Waals surface area contributed by atoms with E-state index in [1.54, 1.807) is 0 Å². The van der Waals surface area contributed by atoms with Gasteiger partial charge in [-0.25, -0.2) is 9.36 Å². The van der Waals surface area contributed by atoms with Crippen molar-refractivity contribution >= 4 is 5.91 Å². The van der Waals surface area contributed by atoms with Crippen molar-refractivity contribution in [3.63, 3.8) is 0 Å². The zero-order chi connectivity index (χ0) is 19.0. The maximum Gasteiger partial charge on any atom is 0.425 e. The Hall–Kier alpha value is -1.36. The predicted molar refractivity (Wildman–Crippen MR) is 105 cm³/mol. The van der Waals surface area contributed by atoms with Crippen molar-refractivity contribution in [2.24, 2.45) is 0 Å². The Morgan fingerprint density at radius 1 is 0.962 bits per heavy atom. The second-order valence-corrected chi connectivity index (χ2v) is 7.30. The Morgan fingerprint density at radius 3 is 2.04 bits per heavy atom. The van der Waals surface area contributed by atoms with Gasteiger partial charge in [0.1, 0.15) is 6.26 Å². The topological polar surface area (TPSA) is 72.4 Å². The number of hydrogen-bond donors (Lipinski definition) is 1. The highest BCUT2D eigenvalue weighted by Gasteiger charge is 2.08. The summed E-state index contributed by atoms with van der Waals surface area (Å²) in [6.07, 6.45) is 18.7. The second kappa shape index (κ2) is 14.8. The van der Waals surface area contributed by atoms with Gasteiger partial charge in [-0.1, -0.05) is 77.6 Å². The molecule has 1 N–H and O–H groups in total.